The molecule has 5 aromatic rings. The quantitative estimate of drug-likeness (QED) is 0.192. The molecule has 0 unspecified atom stereocenters. The van der Waals surface area contributed by atoms with Gasteiger partial charge < -0.3 is 0 Å². The van der Waals surface area contributed by atoms with E-state index in [2.05, 4.69) is 84.7 Å². The minimum Gasteiger partial charge on any atom is 2.00 e. The third kappa shape index (κ3) is 4.75. The van der Waals surface area contributed by atoms with Crippen molar-refractivity contribution >= 4 is 31.7 Å². The molecule has 172 valence electrons. The predicted molar refractivity (Wildman–Crippen MR) is 138 cm³/mol. The maximum Gasteiger partial charge on any atom is 2.00 e. The average molecular weight is 830 g/mol. The molecule has 0 spiro atoms. The fourth-order valence-corrected chi connectivity index (χ4v) is 14.2. The molecule has 3 nitrogen and oxygen atoms in total. The first kappa shape index (κ1) is 24.0. The van der Waals surface area contributed by atoms with Crippen LogP contribution < -0.4 is 14.7 Å². The Morgan fingerprint density at radius 3 is 2.46 bits per heavy atom. The van der Waals surface area contributed by atoms with E-state index in [1.54, 1.807) is 6.20 Å². The molecule has 0 fully saturated rings. The summed E-state index contributed by atoms with van der Waals surface area (Å²) in [5.74, 6) is 1.22. The second-order valence-electron chi connectivity index (χ2n) is 8.33. The number of aryl methyl sites for hydroxylation is 2. The van der Waals surface area contributed by atoms with Crippen molar-refractivity contribution < 1.29 is 25.8 Å². The van der Waals surface area contributed by atoms with Gasteiger partial charge in [0.25, 0.3) is 0 Å². The van der Waals surface area contributed by atoms with E-state index in [0.29, 0.717) is 11.6 Å². The standard InChI is InChI=1S/C24H15NO.C6H6N.Bi.Pt/c1-18-14-15-25-24(16-18)26-23-9-5-8-22(17-23)21-12-10-20(11-13-21)19-6-3-2-4-7-19;1-6-4-2-3-5-7-6;;/h2-6,8-10,12,14-16H,1H3;2-4H,1H3;;/q-2;;;+2. The Kier molecular flexibility index (Phi) is 6.96. The van der Waals surface area contributed by atoms with Gasteiger partial charge in [0.05, 0.1) is 0 Å². The predicted octanol–water partition coefficient (Wildman–Crippen LogP) is 4.65. The Morgan fingerprint density at radius 1 is 0.771 bits per heavy atom. The van der Waals surface area contributed by atoms with E-state index in [-0.39, 0.29) is 21.1 Å². The van der Waals surface area contributed by atoms with Crippen molar-refractivity contribution in [2.45, 2.75) is 13.8 Å². The fraction of sp³-hybridized carbons (Fsp3) is 0.0667. The normalized spacial score (nSPS) is 11.9. The Labute approximate surface area is 228 Å². The van der Waals surface area contributed by atoms with Crippen LogP contribution >= 0.6 is 0 Å². The summed E-state index contributed by atoms with van der Waals surface area (Å²) in [5, 5.41) is 0. The Bertz CT molecular complexity index is 1530. The first-order valence-corrected chi connectivity index (χ1v) is 16.4. The van der Waals surface area contributed by atoms with Crippen LogP contribution in [0.1, 0.15) is 11.3 Å². The van der Waals surface area contributed by atoms with E-state index >= 15 is 0 Å². The summed E-state index contributed by atoms with van der Waals surface area (Å²) < 4.78 is 10.1. The zero-order valence-corrected chi connectivity index (χ0v) is 25.0. The van der Waals surface area contributed by atoms with Crippen LogP contribution in [0, 0.1) is 26.0 Å². The van der Waals surface area contributed by atoms with Crippen molar-refractivity contribution in [3.8, 4) is 33.9 Å². The molecule has 6 rings (SSSR count). The number of pyridine rings is 2. The zero-order valence-electron chi connectivity index (χ0n) is 19.2. The van der Waals surface area contributed by atoms with Gasteiger partial charge in [-0.25, -0.2) is 0 Å². The van der Waals surface area contributed by atoms with E-state index in [4.69, 9.17) is 9.72 Å². The molecule has 0 saturated carbocycles. The number of ether oxygens (including phenoxy) is 1. The van der Waals surface area contributed by atoms with Crippen LogP contribution in [-0.2, 0) is 21.1 Å². The number of rotatable bonds is 4. The van der Waals surface area contributed by atoms with Crippen LogP contribution in [0.15, 0.2) is 91.1 Å². The third-order valence-corrected chi connectivity index (χ3v) is 15.1. The van der Waals surface area contributed by atoms with E-state index in [0.717, 1.165) is 22.4 Å². The van der Waals surface area contributed by atoms with Crippen molar-refractivity contribution in [3.63, 3.8) is 0 Å². The Morgan fingerprint density at radius 2 is 1.60 bits per heavy atom. The van der Waals surface area contributed by atoms with Gasteiger partial charge in [-0.3, -0.25) is 0 Å². The van der Waals surface area contributed by atoms with E-state index < -0.39 is 21.8 Å². The molecule has 0 N–H and O–H groups in total. The molecule has 0 radical (unpaired) electrons. The van der Waals surface area contributed by atoms with E-state index in [9.17, 15) is 0 Å². The van der Waals surface area contributed by atoms with Gasteiger partial charge in [-0.05, 0) is 0 Å². The molecule has 3 heterocycles. The number of hydrogen-bond acceptors (Lipinski definition) is 3. The number of fused-ring (bicyclic) bond motifs is 3. The molecule has 1 aliphatic rings. The van der Waals surface area contributed by atoms with Crippen LogP contribution in [0.5, 0.6) is 11.6 Å². The van der Waals surface area contributed by atoms with E-state index in [1.807, 2.05) is 31.2 Å². The molecule has 0 amide bonds. The minimum absolute atomic E-state index is 0. The Hall–Kier alpha value is -2.67. The first-order chi connectivity index (χ1) is 16.7. The first-order valence-electron chi connectivity index (χ1n) is 11.2. The van der Waals surface area contributed by atoms with Gasteiger partial charge in [0, 0.05) is 0 Å². The average Bonchev–Trinajstić information content (AvgIpc) is 3.18. The number of benzene rings is 3. The van der Waals surface area contributed by atoms with Crippen molar-refractivity contribution in [2.75, 3.05) is 0 Å². The summed E-state index contributed by atoms with van der Waals surface area (Å²) in [6.45, 7) is 4.09. The summed E-state index contributed by atoms with van der Waals surface area (Å²) in [5.41, 5.74) is 6.81. The van der Waals surface area contributed by atoms with Gasteiger partial charge in [0.2, 0.25) is 0 Å². The molecular formula is C30H21BiN2OPt. The molecular weight excluding hydrogens is 808 g/mol. The van der Waals surface area contributed by atoms with Gasteiger partial charge >= 0.3 is 230 Å². The molecule has 3 aromatic carbocycles. The number of aromatic nitrogens is 2. The summed E-state index contributed by atoms with van der Waals surface area (Å²) >= 11 is -2.54. The molecule has 0 bridgehead atoms. The van der Waals surface area contributed by atoms with Gasteiger partial charge in [-0.1, -0.05) is 0 Å². The number of nitrogens with zero attached hydrogens (tertiary/aromatic N) is 2. The van der Waals surface area contributed by atoms with Gasteiger partial charge in [-0.2, -0.15) is 0 Å². The van der Waals surface area contributed by atoms with Gasteiger partial charge in [0.1, 0.15) is 0 Å². The van der Waals surface area contributed by atoms with Gasteiger partial charge in [-0.15, -0.1) is 0 Å². The van der Waals surface area contributed by atoms with Crippen molar-refractivity contribution in [2.24, 2.45) is 0 Å². The summed E-state index contributed by atoms with van der Waals surface area (Å²) in [4.78, 5) is 9.27. The zero-order chi connectivity index (χ0) is 23.1. The molecule has 35 heavy (non-hydrogen) atoms. The maximum absolute atomic E-state index is 5.99. The molecule has 2 aromatic heterocycles. The summed E-state index contributed by atoms with van der Waals surface area (Å²) in [6.07, 6.45) is 1.76. The molecule has 5 heteroatoms. The van der Waals surface area contributed by atoms with Crippen molar-refractivity contribution in [1.29, 1.82) is 0 Å². The Balaban J connectivity index is 0.00000253. The summed E-state index contributed by atoms with van der Waals surface area (Å²) in [7, 11) is 0. The third-order valence-electron chi connectivity index (χ3n) is 5.85. The van der Waals surface area contributed by atoms with Crippen LogP contribution in [0.2, 0.25) is 0 Å². The van der Waals surface area contributed by atoms with Crippen LogP contribution in [0.4, 0.5) is 0 Å². The SMILES string of the molecule is Cc1ccnc(Oc2[c-]c(-c3[c-][c]4c(cc3)-c3cccc[c]3[Bi]4[c]3cccc(C)n3)ccc2)c1.[Pt+2]. The van der Waals surface area contributed by atoms with Crippen LogP contribution in [-0.4, -0.2) is 31.7 Å². The number of hydrogen-bond donors (Lipinski definition) is 0. The fourth-order valence-electron chi connectivity index (χ4n) is 4.28. The maximum atomic E-state index is 5.99. The van der Waals surface area contributed by atoms with Gasteiger partial charge in [0.15, 0.2) is 0 Å². The summed E-state index contributed by atoms with van der Waals surface area (Å²) in [6, 6.07) is 36.7. The second kappa shape index (κ2) is 10.1. The monoisotopic (exact) mass is 829 g/mol. The minimum atomic E-state index is -2.54. The second-order valence-corrected chi connectivity index (χ2v) is 16.3. The molecule has 0 saturated heterocycles. The molecule has 1 aliphatic heterocycles. The smallest absolute Gasteiger partial charge is 2.00 e. The topological polar surface area (TPSA) is 35.0 Å². The molecule has 0 atom stereocenters. The molecule has 0 aliphatic carbocycles. The van der Waals surface area contributed by atoms with Crippen molar-refractivity contribution in [3.05, 3.63) is 115 Å². The van der Waals surface area contributed by atoms with E-state index in [1.165, 1.54) is 21.1 Å². The van der Waals surface area contributed by atoms with Crippen LogP contribution in [0.3, 0.4) is 0 Å². The largest absolute Gasteiger partial charge is 2.00 e. The van der Waals surface area contributed by atoms with Crippen LogP contribution in [0.25, 0.3) is 22.3 Å². The van der Waals surface area contributed by atoms with Crippen molar-refractivity contribution in [1.82, 2.24) is 9.97 Å².